The van der Waals surface area contributed by atoms with Crippen molar-refractivity contribution in [3.63, 3.8) is 0 Å². The summed E-state index contributed by atoms with van der Waals surface area (Å²) in [4.78, 5) is 0. The van der Waals surface area contributed by atoms with Crippen LogP contribution in [0, 0.1) is 0 Å². The van der Waals surface area contributed by atoms with E-state index in [0.717, 1.165) is 0 Å². The van der Waals surface area contributed by atoms with E-state index in [9.17, 15) is 0 Å². The maximum Gasteiger partial charge on any atom is 0.151 e. The molecule has 0 amide bonds. The van der Waals surface area contributed by atoms with E-state index in [4.69, 9.17) is 0 Å². The van der Waals surface area contributed by atoms with Crippen molar-refractivity contribution in [1.29, 1.82) is 0 Å². The van der Waals surface area contributed by atoms with Crippen LogP contribution >= 0.6 is 0 Å². The molecule has 0 atom stereocenters. The van der Waals surface area contributed by atoms with Gasteiger partial charge in [0.05, 0.1) is 0 Å². The first-order chi connectivity index (χ1) is 3.43. The van der Waals surface area contributed by atoms with Gasteiger partial charge in [-0.3, -0.25) is 0 Å². The number of aromatic nitrogens is 2. The van der Waals surface area contributed by atoms with Crippen LogP contribution in [0.5, 0.6) is 0 Å². The average Bonchev–Trinajstić information content (AvgIpc) is 2.14. The summed E-state index contributed by atoms with van der Waals surface area (Å²) in [5.41, 5.74) is 0.667. The molecule has 0 saturated carbocycles. The third kappa shape index (κ3) is 0.652. The maximum atomic E-state index is 4.37. The van der Waals surface area contributed by atoms with Crippen LogP contribution in [0.4, 0.5) is 0 Å². The Hall–Kier alpha value is -1.12. The summed E-state index contributed by atoms with van der Waals surface area (Å²) in [6.07, 6.45) is 2.99. The van der Waals surface area contributed by atoms with Crippen LogP contribution < -0.4 is 0 Å². The molecule has 1 aromatic rings. The summed E-state index contributed by atoms with van der Waals surface area (Å²) < 4.78 is 4.37. The average molecular weight is 96.1 g/mol. The van der Waals surface area contributed by atoms with Crippen LogP contribution in [0.15, 0.2) is 17.4 Å². The second kappa shape index (κ2) is 1.55. The van der Waals surface area contributed by atoms with E-state index >= 15 is 0 Å². The number of hydrogen-bond donors (Lipinski definition) is 0. The van der Waals surface area contributed by atoms with E-state index in [1.165, 1.54) is 6.26 Å². The van der Waals surface area contributed by atoms with E-state index in [1.54, 1.807) is 6.08 Å². The van der Waals surface area contributed by atoms with Gasteiger partial charge < -0.3 is 4.52 Å². The minimum Gasteiger partial charge on any atom is -0.345 e. The highest BCUT2D eigenvalue weighted by Crippen LogP contribution is 1.89. The van der Waals surface area contributed by atoms with Crippen molar-refractivity contribution < 1.29 is 4.52 Å². The fourth-order valence-electron chi connectivity index (χ4n) is 0.261. The van der Waals surface area contributed by atoms with Gasteiger partial charge in [-0.1, -0.05) is 6.58 Å². The molecular weight excluding hydrogens is 92.1 g/mol. The molecule has 0 unspecified atom stereocenters. The molecule has 0 N–H and O–H groups in total. The highest BCUT2D eigenvalue weighted by atomic mass is 16.5. The lowest BCUT2D eigenvalue weighted by molar-refractivity contribution is 0.393. The fourth-order valence-corrected chi connectivity index (χ4v) is 0.261. The Morgan fingerprint density at radius 1 is 1.86 bits per heavy atom. The monoisotopic (exact) mass is 96.0 g/mol. The summed E-state index contributed by atoms with van der Waals surface area (Å²) in [5.74, 6) is 0. The van der Waals surface area contributed by atoms with Gasteiger partial charge >= 0.3 is 0 Å². The normalized spacial score (nSPS) is 8.57. The van der Waals surface area contributed by atoms with Crippen molar-refractivity contribution in [2.45, 2.75) is 0 Å². The first-order valence-corrected chi connectivity index (χ1v) is 1.83. The van der Waals surface area contributed by atoms with E-state index in [1.807, 2.05) is 0 Å². The van der Waals surface area contributed by atoms with Crippen LogP contribution in [0.2, 0.25) is 0 Å². The quantitative estimate of drug-likeness (QED) is 0.516. The Kier molecular flexibility index (Phi) is 0.898. The van der Waals surface area contributed by atoms with Gasteiger partial charge in [0, 0.05) is 5.27 Å². The molecule has 0 saturated heterocycles. The third-order valence-corrected chi connectivity index (χ3v) is 0.586. The molecular formula is C4H4N2O. The molecule has 3 nitrogen and oxygen atoms in total. The molecule has 0 fully saturated rings. The first-order valence-electron chi connectivity index (χ1n) is 1.83. The lowest BCUT2D eigenvalue weighted by atomic mass is 10.5. The van der Waals surface area contributed by atoms with Gasteiger partial charge in [0.15, 0.2) is 6.26 Å². The summed E-state index contributed by atoms with van der Waals surface area (Å²) >= 11 is 0. The molecule has 1 heterocycles. The van der Waals surface area contributed by atoms with Gasteiger partial charge in [-0.2, -0.15) is 0 Å². The van der Waals surface area contributed by atoms with Crippen molar-refractivity contribution in [3.05, 3.63) is 18.5 Å². The van der Waals surface area contributed by atoms with Gasteiger partial charge in [0.25, 0.3) is 0 Å². The Labute approximate surface area is 40.6 Å². The van der Waals surface area contributed by atoms with E-state index < -0.39 is 0 Å². The Morgan fingerprint density at radius 2 is 2.71 bits per heavy atom. The second-order valence-corrected chi connectivity index (χ2v) is 1.03. The van der Waals surface area contributed by atoms with Crippen LogP contribution in [0.3, 0.4) is 0 Å². The third-order valence-electron chi connectivity index (χ3n) is 0.586. The summed E-state index contributed by atoms with van der Waals surface area (Å²) in [5, 5.41) is 6.70. The molecule has 0 radical (unpaired) electrons. The molecule has 0 aliphatic rings. The Bertz CT molecular complexity index is 145. The van der Waals surface area contributed by atoms with E-state index in [2.05, 4.69) is 21.5 Å². The molecule has 0 aromatic carbocycles. The smallest absolute Gasteiger partial charge is 0.151 e. The molecule has 0 bridgehead atoms. The van der Waals surface area contributed by atoms with E-state index in [0.29, 0.717) is 5.69 Å². The minimum atomic E-state index is 0.667. The van der Waals surface area contributed by atoms with E-state index in [-0.39, 0.29) is 0 Å². The fraction of sp³-hybridized carbons (Fsp3) is 0. The molecule has 0 aliphatic carbocycles. The predicted octanol–water partition coefficient (Wildman–Crippen LogP) is 0.713. The minimum absolute atomic E-state index is 0.667. The Morgan fingerprint density at radius 3 is 3.00 bits per heavy atom. The largest absolute Gasteiger partial charge is 0.345 e. The lowest BCUT2D eigenvalue weighted by Crippen LogP contribution is -1.66. The zero-order chi connectivity index (χ0) is 5.11. The van der Waals surface area contributed by atoms with Crippen molar-refractivity contribution in [3.8, 4) is 0 Å². The van der Waals surface area contributed by atoms with Crippen LogP contribution in [-0.2, 0) is 0 Å². The van der Waals surface area contributed by atoms with Crippen LogP contribution in [-0.4, -0.2) is 10.4 Å². The molecule has 1 aromatic heterocycles. The molecule has 36 valence electrons. The molecule has 0 spiro atoms. The van der Waals surface area contributed by atoms with Gasteiger partial charge in [-0.25, -0.2) is 0 Å². The molecule has 3 heteroatoms. The van der Waals surface area contributed by atoms with Gasteiger partial charge in [-0.05, 0) is 6.08 Å². The summed E-state index contributed by atoms with van der Waals surface area (Å²) in [6.45, 7) is 3.44. The first kappa shape index (κ1) is 4.05. The van der Waals surface area contributed by atoms with Gasteiger partial charge in [-0.15, -0.1) is 5.10 Å². The number of hydrogen-bond acceptors (Lipinski definition) is 3. The zero-order valence-corrected chi connectivity index (χ0v) is 3.66. The van der Waals surface area contributed by atoms with Crippen LogP contribution in [0.1, 0.15) is 5.69 Å². The Balaban J connectivity index is 2.96. The number of nitrogens with zero attached hydrogens (tertiary/aromatic N) is 2. The predicted molar refractivity (Wildman–Crippen MR) is 24.4 cm³/mol. The molecule has 0 aliphatic heterocycles. The molecule has 7 heavy (non-hydrogen) atoms. The highest BCUT2D eigenvalue weighted by molar-refractivity contribution is 5.37. The summed E-state index contributed by atoms with van der Waals surface area (Å²) in [6, 6.07) is 0. The van der Waals surface area contributed by atoms with Gasteiger partial charge in [0.2, 0.25) is 0 Å². The SMILES string of the molecule is C=Cc1conn1. The second-order valence-electron chi connectivity index (χ2n) is 1.03. The van der Waals surface area contributed by atoms with Crippen LogP contribution in [0.25, 0.3) is 6.08 Å². The number of rotatable bonds is 1. The topological polar surface area (TPSA) is 38.9 Å². The standard InChI is InChI=1S/C4H4N2O/c1-2-4-3-7-6-5-4/h2-3H,1H2. The maximum absolute atomic E-state index is 4.37. The van der Waals surface area contributed by atoms with Crippen molar-refractivity contribution in [2.24, 2.45) is 0 Å². The van der Waals surface area contributed by atoms with Crippen molar-refractivity contribution >= 4 is 6.08 Å². The lowest BCUT2D eigenvalue weighted by Gasteiger charge is -1.64. The van der Waals surface area contributed by atoms with Crippen molar-refractivity contribution in [2.75, 3.05) is 0 Å². The zero-order valence-electron chi connectivity index (χ0n) is 3.66. The van der Waals surface area contributed by atoms with Crippen molar-refractivity contribution in [1.82, 2.24) is 10.4 Å². The highest BCUT2D eigenvalue weighted by Gasteiger charge is 1.83. The van der Waals surface area contributed by atoms with Gasteiger partial charge in [0.1, 0.15) is 5.69 Å². The summed E-state index contributed by atoms with van der Waals surface area (Å²) in [7, 11) is 0. The molecule has 1 rings (SSSR count).